The van der Waals surface area contributed by atoms with Gasteiger partial charge in [-0.25, -0.2) is 9.97 Å². The lowest BCUT2D eigenvalue weighted by molar-refractivity contribution is -0.141. The number of nitrogens with zero attached hydrogens (tertiary/aromatic N) is 2. The highest BCUT2D eigenvalue weighted by molar-refractivity contribution is 5.82. The van der Waals surface area contributed by atoms with Crippen LogP contribution >= 0.6 is 0 Å². The van der Waals surface area contributed by atoms with Crippen molar-refractivity contribution in [1.29, 1.82) is 0 Å². The molecule has 0 aliphatic carbocycles. The number of nitrogens with one attached hydrogen (secondary N) is 2. The monoisotopic (exact) mass is 353 g/mol. The fourth-order valence-electron chi connectivity index (χ4n) is 2.00. The second-order valence-corrected chi connectivity index (χ2v) is 5.37. The normalized spacial score (nSPS) is 12.5. The average Bonchev–Trinajstić information content (AvgIpc) is 2.58. The largest absolute Gasteiger partial charge is 0.433 e. The number of benzene rings is 1. The van der Waals surface area contributed by atoms with E-state index in [2.05, 4.69) is 20.6 Å². The number of nitrogens with two attached hydrogens (primary N) is 1. The maximum Gasteiger partial charge on any atom is 0.433 e. The second kappa shape index (κ2) is 7.93. The Labute approximate surface area is 142 Å². The van der Waals surface area contributed by atoms with E-state index in [4.69, 9.17) is 5.73 Å². The van der Waals surface area contributed by atoms with Crippen LogP contribution in [0.25, 0.3) is 0 Å². The molecule has 25 heavy (non-hydrogen) atoms. The quantitative estimate of drug-likeness (QED) is 0.691. The summed E-state index contributed by atoms with van der Waals surface area (Å²) in [6.07, 6.45) is -3.52. The third-order valence-electron chi connectivity index (χ3n) is 3.37. The molecule has 1 unspecified atom stereocenters. The molecular weight excluding hydrogens is 335 g/mol. The molecule has 0 aliphatic rings. The Kier molecular flexibility index (Phi) is 5.92. The molecule has 134 valence electrons. The highest BCUT2D eigenvalue weighted by Gasteiger charge is 2.32. The molecule has 2 aromatic rings. The maximum absolute atomic E-state index is 12.5. The molecule has 9 heteroatoms. The Morgan fingerprint density at radius 1 is 1.20 bits per heavy atom. The predicted octanol–water partition coefficient (Wildman–Crippen LogP) is 2.03. The van der Waals surface area contributed by atoms with Gasteiger partial charge in [-0.3, -0.25) is 4.79 Å². The predicted molar refractivity (Wildman–Crippen MR) is 86.6 cm³/mol. The Hall–Kier alpha value is -2.68. The first-order chi connectivity index (χ1) is 11.8. The van der Waals surface area contributed by atoms with E-state index in [0.717, 1.165) is 17.8 Å². The summed E-state index contributed by atoms with van der Waals surface area (Å²) in [4.78, 5) is 19.0. The number of aromatic nitrogens is 2. The number of hydrogen-bond acceptors (Lipinski definition) is 5. The van der Waals surface area contributed by atoms with Gasteiger partial charge in [0.2, 0.25) is 11.9 Å². The Balaban J connectivity index is 1.81. The third-order valence-corrected chi connectivity index (χ3v) is 3.37. The Morgan fingerprint density at radius 2 is 1.88 bits per heavy atom. The zero-order valence-electron chi connectivity index (χ0n) is 13.5. The van der Waals surface area contributed by atoms with E-state index in [0.29, 0.717) is 5.56 Å². The molecule has 0 bridgehead atoms. The van der Waals surface area contributed by atoms with E-state index in [-0.39, 0.29) is 24.9 Å². The van der Waals surface area contributed by atoms with Crippen LogP contribution in [-0.4, -0.2) is 29.0 Å². The van der Waals surface area contributed by atoms with Gasteiger partial charge in [0, 0.05) is 19.3 Å². The molecule has 1 aromatic heterocycles. The molecule has 1 aromatic carbocycles. The first-order valence-electron chi connectivity index (χ1n) is 7.51. The molecule has 0 radical (unpaired) electrons. The fraction of sp³-hybridized carbons (Fsp3) is 0.312. The van der Waals surface area contributed by atoms with Gasteiger partial charge >= 0.3 is 6.18 Å². The summed E-state index contributed by atoms with van der Waals surface area (Å²) >= 11 is 0. The summed E-state index contributed by atoms with van der Waals surface area (Å²) < 4.78 is 37.6. The van der Waals surface area contributed by atoms with Crippen LogP contribution in [-0.2, 0) is 11.0 Å². The van der Waals surface area contributed by atoms with Gasteiger partial charge < -0.3 is 16.4 Å². The van der Waals surface area contributed by atoms with Gasteiger partial charge in [-0.1, -0.05) is 29.8 Å². The van der Waals surface area contributed by atoms with E-state index in [9.17, 15) is 18.0 Å². The van der Waals surface area contributed by atoms with Crippen molar-refractivity contribution in [2.75, 3.05) is 18.4 Å². The van der Waals surface area contributed by atoms with Gasteiger partial charge in [0.15, 0.2) is 0 Å². The van der Waals surface area contributed by atoms with Crippen LogP contribution in [0.3, 0.4) is 0 Å². The lowest BCUT2D eigenvalue weighted by Gasteiger charge is -2.13. The average molecular weight is 353 g/mol. The number of hydrogen-bond donors (Lipinski definition) is 3. The molecular formula is C16H18F3N5O. The third kappa shape index (κ3) is 5.42. The van der Waals surface area contributed by atoms with Crippen molar-refractivity contribution in [1.82, 2.24) is 15.3 Å². The minimum absolute atomic E-state index is 0.160. The zero-order chi connectivity index (χ0) is 18.4. The number of anilines is 1. The van der Waals surface area contributed by atoms with Gasteiger partial charge in [-0.2, -0.15) is 13.2 Å². The first-order valence-corrected chi connectivity index (χ1v) is 7.51. The van der Waals surface area contributed by atoms with Crippen molar-refractivity contribution in [2.24, 2.45) is 5.73 Å². The minimum atomic E-state index is -4.53. The van der Waals surface area contributed by atoms with Gasteiger partial charge in [-0.05, 0) is 18.6 Å². The molecule has 2 rings (SSSR count). The molecule has 1 atom stereocenters. The van der Waals surface area contributed by atoms with Crippen molar-refractivity contribution in [3.63, 3.8) is 0 Å². The van der Waals surface area contributed by atoms with Crippen LogP contribution in [0.1, 0.15) is 22.9 Å². The summed E-state index contributed by atoms with van der Waals surface area (Å²) in [7, 11) is 0. The van der Waals surface area contributed by atoms with E-state index < -0.39 is 17.9 Å². The molecule has 1 heterocycles. The fourth-order valence-corrected chi connectivity index (χ4v) is 2.00. The van der Waals surface area contributed by atoms with Crippen molar-refractivity contribution in [2.45, 2.75) is 19.1 Å². The SMILES string of the molecule is Cc1ccc(C(N)C(=O)NCCNc2nccc(C(F)(F)F)n2)cc1. The van der Waals surface area contributed by atoms with Crippen LogP contribution < -0.4 is 16.4 Å². The van der Waals surface area contributed by atoms with Crippen molar-refractivity contribution in [3.05, 3.63) is 53.3 Å². The highest BCUT2D eigenvalue weighted by atomic mass is 19.4. The topological polar surface area (TPSA) is 92.9 Å². The van der Waals surface area contributed by atoms with E-state index in [1.165, 1.54) is 0 Å². The molecule has 1 amide bonds. The van der Waals surface area contributed by atoms with Gasteiger partial charge in [0.25, 0.3) is 0 Å². The Morgan fingerprint density at radius 3 is 2.52 bits per heavy atom. The van der Waals surface area contributed by atoms with Crippen LogP contribution in [0.15, 0.2) is 36.5 Å². The summed E-state index contributed by atoms with van der Waals surface area (Å²) in [6, 6.07) is 7.23. The first kappa shape index (κ1) is 18.7. The van der Waals surface area contributed by atoms with Crippen molar-refractivity contribution >= 4 is 11.9 Å². The molecule has 0 saturated carbocycles. The Bertz CT molecular complexity index is 718. The molecule has 0 saturated heterocycles. The standard InChI is InChI=1S/C16H18F3N5O/c1-10-2-4-11(5-3-10)13(20)14(25)21-8-9-23-15-22-7-6-12(24-15)16(17,18)19/h2-7,13H,8-9,20H2,1H3,(H,21,25)(H,22,23,24). The minimum Gasteiger partial charge on any atom is -0.353 e. The van der Waals surface area contributed by atoms with Crippen molar-refractivity contribution < 1.29 is 18.0 Å². The maximum atomic E-state index is 12.5. The van der Waals surface area contributed by atoms with Crippen LogP contribution in [0.5, 0.6) is 0 Å². The summed E-state index contributed by atoms with van der Waals surface area (Å²) in [5, 5.41) is 5.23. The van der Waals surface area contributed by atoms with Gasteiger partial charge in [-0.15, -0.1) is 0 Å². The summed E-state index contributed by atoms with van der Waals surface area (Å²) in [6.45, 7) is 2.25. The van der Waals surface area contributed by atoms with Crippen LogP contribution in [0.4, 0.5) is 19.1 Å². The van der Waals surface area contributed by atoms with Crippen molar-refractivity contribution in [3.8, 4) is 0 Å². The number of rotatable bonds is 6. The second-order valence-electron chi connectivity index (χ2n) is 5.37. The van der Waals surface area contributed by atoms with E-state index >= 15 is 0 Å². The highest BCUT2D eigenvalue weighted by Crippen LogP contribution is 2.27. The van der Waals surface area contributed by atoms with Crippen LogP contribution in [0.2, 0.25) is 0 Å². The summed E-state index contributed by atoms with van der Waals surface area (Å²) in [5.74, 6) is -0.539. The molecule has 0 fully saturated rings. The molecule has 4 N–H and O–H groups in total. The molecule has 6 nitrogen and oxygen atoms in total. The molecule has 0 aliphatic heterocycles. The number of alkyl halides is 3. The van der Waals surface area contributed by atoms with Gasteiger partial charge in [0.1, 0.15) is 11.7 Å². The number of halogens is 3. The number of carbonyl (C=O) groups excluding carboxylic acids is 1. The van der Waals surface area contributed by atoms with Gasteiger partial charge in [0.05, 0.1) is 0 Å². The molecule has 0 spiro atoms. The lowest BCUT2D eigenvalue weighted by Crippen LogP contribution is -2.36. The summed E-state index contributed by atoms with van der Waals surface area (Å²) in [5.41, 5.74) is 6.57. The van der Waals surface area contributed by atoms with E-state index in [1.54, 1.807) is 12.1 Å². The van der Waals surface area contributed by atoms with Crippen LogP contribution in [0, 0.1) is 6.92 Å². The lowest BCUT2D eigenvalue weighted by atomic mass is 10.1. The number of carbonyl (C=O) groups is 1. The van der Waals surface area contributed by atoms with E-state index in [1.807, 2.05) is 19.1 Å². The smallest absolute Gasteiger partial charge is 0.353 e. The number of aryl methyl sites for hydroxylation is 1. The number of amides is 1. The zero-order valence-corrected chi connectivity index (χ0v) is 13.5.